The van der Waals surface area contributed by atoms with E-state index in [-0.39, 0.29) is 5.97 Å². The summed E-state index contributed by atoms with van der Waals surface area (Å²) in [4.78, 5) is 11.6. The zero-order chi connectivity index (χ0) is 11.8. The van der Waals surface area contributed by atoms with E-state index in [9.17, 15) is 4.79 Å². The molecule has 0 aromatic heterocycles. The van der Waals surface area contributed by atoms with Crippen LogP contribution in [0.3, 0.4) is 0 Å². The highest BCUT2D eigenvalue weighted by atomic mass is 35.5. The van der Waals surface area contributed by atoms with Crippen molar-refractivity contribution in [2.45, 2.75) is 19.3 Å². The fourth-order valence-corrected chi connectivity index (χ4v) is 1.42. The number of unbranched alkanes of at least 4 members (excludes halogenated alkanes) is 1. The molecule has 0 radical (unpaired) electrons. The largest absolute Gasteiger partial charge is 0.428 e. The smallest absolute Gasteiger partial charge is 0.343 e. The number of allylic oxidation sites excluding steroid dienone is 1. The van der Waals surface area contributed by atoms with Crippen molar-refractivity contribution in [1.29, 1.82) is 0 Å². The molecule has 3 heteroatoms. The molecule has 0 saturated carbocycles. The summed E-state index contributed by atoms with van der Waals surface area (Å²) in [7, 11) is 0. The Bertz CT molecular complexity index is 346. The van der Waals surface area contributed by atoms with E-state index in [1.165, 1.54) is 0 Å². The lowest BCUT2D eigenvalue weighted by molar-refractivity contribution is 0.0615. The number of hydrogen-bond acceptors (Lipinski definition) is 2. The second kappa shape index (κ2) is 7.07. The Kier molecular flexibility index (Phi) is 5.65. The van der Waals surface area contributed by atoms with Gasteiger partial charge in [-0.3, -0.25) is 0 Å². The number of carbonyl (C=O) groups is 1. The highest BCUT2D eigenvalue weighted by Gasteiger charge is 2.07. The van der Waals surface area contributed by atoms with Crippen molar-refractivity contribution < 1.29 is 9.53 Å². The summed E-state index contributed by atoms with van der Waals surface area (Å²) in [6.07, 6.45) is 2.47. The average Bonchev–Trinajstić information content (AvgIpc) is 2.30. The number of esters is 1. The first kappa shape index (κ1) is 12.8. The van der Waals surface area contributed by atoms with Gasteiger partial charge < -0.3 is 4.74 Å². The van der Waals surface area contributed by atoms with Crippen LogP contribution in [0.1, 0.15) is 29.6 Å². The minimum absolute atomic E-state index is 0.350. The van der Waals surface area contributed by atoms with Gasteiger partial charge >= 0.3 is 5.97 Å². The Morgan fingerprint density at radius 3 is 2.56 bits per heavy atom. The van der Waals surface area contributed by atoms with Crippen molar-refractivity contribution in [1.82, 2.24) is 0 Å². The van der Waals surface area contributed by atoms with Gasteiger partial charge in [0.25, 0.3) is 0 Å². The van der Waals surface area contributed by atoms with E-state index in [1.54, 1.807) is 24.3 Å². The molecule has 16 heavy (non-hydrogen) atoms. The topological polar surface area (TPSA) is 26.3 Å². The van der Waals surface area contributed by atoms with Crippen LogP contribution in [0, 0.1) is 0 Å². The van der Waals surface area contributed by atoms with E-state index in [0.717, 1.165) is 12.8 Å². The number of carbonyl (C=O) groups excluding carboxylic acids is 1. The number of benzene rings is 1. The zero-order valence-electron chi connectivity index (χ0n) is 9.12. The molecule has 0 aliphatic heterocycles. The van der Waals surface area contributed by atoms with Crippen molar-refractivity contribution in [2.75, 3.05) is 5.88 Å². The monoisotopic (exact) mass is 238 g/mol. The SMILES string of the molecule is C=C(CCCCCl)OC(=O)c1ccccc1. The van der Waals surface area contributed by atoms with E-state index in [0.29, 0.717) is 23.6 Å². The quantitative estimate of drug-likeness (QED) is 0.326. The Hall–Kier alpha value is -1.28. The van der Waals surface area contributed by atoms with Gasteiger partial charge in [0.15, 0.2) is 0 Å². The summed E-state index contributed by atoms with van der Waals surface area (Å²) in [5, 5.41) is 0. The van der Waals surface area contributed by atoms with E-state index < -0.39 is 0 Å². The Labute approximate surface area is 101 Å². The third kappa shape index (κ3) is 4.49. The second-order valence-corrected chi connectivity index (χ2v) is 3.82. The maximum atomic E-state index is 11.6. The minimum Gasteiger partial charge on any atom is -0.428 e. The van der Waals surface area contributed by atoms with Gasteiger partial charge in [-0.15, -0.1) is 11.6 Å². The fourth-order valence-electron chi connectivity index (χ4n) is 1.23. The summed E-state index contributed by atoms with van der Waals surface area (Å²) in [5.41, 5.74) is 0.543. The van der Waals surface area contributed by atoms with Gasteiger partial charge in [0.1, 0.15) is 5.76 Å². The van der Waals surface area contributed by atoms with Crippen LogP contribution in [0.15, 0.2) is 42.7 Å². The van der Waals surface area contributed by atoms with Crippen LogP contribution in [-0.2, 0) is 4.74 Å². The van der Waals surface area contributed by atoms with Crippen LogP contribution in [0.2, 0.25) is 0 Å². The van der Waals surface area contributed by atoms with Crippen molar-refractivity contribution in [2.24, 2.45) is 0 Å². The Balaban J connectivity index is 2.37. The van der Waals surface area contributed by atoms with Crippen molar-refractivity contribution in [3.05, 3.63) is 48.2 Å². The first-order chi connectivity index (χ1) is 7.74. The fraction of sp³-hybridized carbons (Fsp3) is 0.308. The lowest BCUT2D eigenvalue weighted by Gasteiger charge is -2.06. The summed E-state index contributed by atoms with van der Waals surface area (Å²) in [6.45, 7) is 3.71. The molecule has 1 aromatic carbocycles. The van der Waals surface area contributed by atoms with Gasteiger partial charge in [0, 0.05) is 12.3 Å². The molecular formula is C13H15ClO2. The first-order valence-corrected chi connectivity index (χ1v) is 5.78. The second-order valence-electron chi connectivity index (χ2n) is 3.44. The number of halogens is 1. The van der Waals surface area contributed by atoms with Crippen molar-refractivity contribution >= 4 is 17.6 Å². The maximum absolute atomic E-state index is 11.6. The number of hydrogen-bond donors (Lipinski definition) is 0. The molecule has 2 nitrogen and oxygen atoms in total. The zero-order valence-corrected chi connectivity index (χ0v) is 9.87. The van der Waals surface area contributed by atoms with E-state index in [2.05, 4.69) is 6.58 Å². The molecule has 1 aromatic rings. The third-order valence-corrected chi connectivity index (χ3v) is 2.35. The van der Waals surface area contributed by atoms with Crippen molar-refractivity contribution in [3.8, 4) is 0 Å². The van der Waals surface area contributed by atoms with Gasteiger partial charge in [0.05, 0.1) is 5.56 Å². The summed E-state index contributed by atoms with van der Waals surface area (Å²) >= 11 is 5.55. The molecule has 0 spiro atoms. The van der Waals surface area contributed by atoms with E-state index in [4.69, 9.17) is 16.3 Å². The molecule has 0 heterocycles. The van der Waals surface area contributed by atoms with Crippen LogP contribution >= 0.6 is 11.6 Å². The molecule has 0 aliphatic rings. The maximum Gasteiger partial charge on any atom is 0.343 e. The molecular weight excluding hydrogens is 224 g/mol. The molecule has 0 aliphatic carbocycles. The van der Waals surface area contributed by atoms with Crippen LogP contribution in [0.4, 0.5) is 0 Å². The molecule has 1 rings (SSSR count). The highest BCUT2D eigenvalue weighted by molar-refractivity contribution is 6.17. The van der Waals surface area contributed by atoms with Crippen LogP contribution in [-0.4, -0.2) is 11.8 Å². The molecule has 0 atom stereocenters. The van der Waals surface area contributed by atoms with Crippen LogP contribution < -0.4 is 0 Å². The number of rotatable bonds is 6. The standard InChI is InChI=1S/C13H15ClO2/c1-11(7-5-6-10-14)16-13(15)12-8-3-2-4-9-12/h2-4,8-9H,1,5-7,10H2. The average molecular weight is 239 g/mol. The Morgan fingerprint density at radius 2 is 1.94 bits per heavy atom. The Morgan fingerprint density at radius 1 is 1.25 bits per heavy atom. The molecule has 0 bridgehead atoms. The molecule has 0 fully saturated rings. The minimum atomic E-state index is -0.350. The molecule has 0 saturated heterocycles. The van der Waals surface area contributed by atoms with Gasteiger partial charge in [-0.2, -0.15) is 0 Å². The van der Waals surface area contributed by atoms with Gasteiger partial charge in [-0.25, -0.2) is 4.79 Å². The van der Waals surface area contributed by atoms with Crippen LogP contribution in [0.5, 0.6) is 0 Å². The molecule has 86 valence electrons. The molecule has 0 N–H and O–H groups in total. The van der Waals surface area contributed by atoms with Gasteiger partial charge in [0.2, 0.25) is 0 Å². The number of ether oxygens (including phenoxy) is 1. The molecule has 0 unspecified atom stereocenters. The highest BCUT2D eigenvalue weighted by Crippen LogP contribution is 2.10. The van der Waals surface area contributed by atoms with E-state index in [1.807, 2.05) is 6.07 Å². The first-order valence-electron chi connectivity index (χ1n) is 5.25. The van der Waals surface area contributed by atoms with Crippen LogP contribution in [0.25, 0.3) is 0 Å². The normalized spacial score (nSPS) is 9.81. The third-order valence-electron chi connectivity index (χ3n) is 2.09. The summed E-state index contributed by atoms with van der Waals surface area (Å²) < 4.78 is 5.11. The summed E-state index contributed by atoms with van der Waals surface area (Å²) in [6, 6.07) is 8.88. The van der Waals surface area contributed by atoms with Gasteiger partial charge in [-0.05, 0) is 25.0 Å². The lowest BCUT2D eigenvalue weighted by atomic mass is 10.2. The summed E-state index contributed by atoms with van der Waals surface area (Å²) in [5.74, 6) is 0.773. The predicted octanol–water partition coefficient (Wildman–Crippen LogP) is 3.77. The van der Waals surface area contributed by atoms with E-state index >= 15 is 0 Å². The molecule has 0 amide bonds. The van der Waals surface area contributed by atoms with Crippen molar-refractivity contribution in [3.63, 3.8) is 0 Å². The number of alkyl halides is 1. The lowest BCUT2D eigenvalue weighted by Crippen LogP contribution is -2.04. The van der Waals surface area contributed by atoms with Gasteiger partial charge in [-0.1, -0.05) is 24.8 Å². The predicted molar refractivity (Wildman–Crippen MR) is 65.6 cm³/mol.